The lowest BCUT2D eigenvalue weighted by molar-refractivity contribution is -0.111. The molecule has 0 amide bonds. The second-order valence-corrected chi connectivity index (χ2v) is 1.88. The van der Waals surface area contributed by atoms with Gasteiger partial charge in [0.05, 0.1) is 0 Å². The van der Waals surface area contributed by atoms with Crippen LogP contribution in [-0.2, 0) is 4.79 Å². The van der Waals surface area contributed by atoms with Gasteiger partial charge in [-0.1, -0.05) is 13.3 Å². The van der Waals surface area contributed by atoms with E-state index >= 15 is 0 Å². The van der Waals surface area contributed by atoms with Crippen LogP contribution in [0.25, 0.3) is 0 Å². The lowest BCUT2D eigenvalue weighted by Gasteiger charge is -1.84. The highest BCUT2D eigenvalue weighted by Gasteiger charge is 1.90. The van der Waals surface area contributed by atoms with Crippen LogP contribution in [0, 0.1) is 0 Å². The number of halogens is 1. The maximum absolute atomic E-state index is 9.97. The number of hydrogen-bond donors (Lipinski definition) is 1. The predicted molar refractivity (Wildman–Crippen MR) is 35.4 cm³/mol. The molecule has 0 radical (unpaired) electrons. The van der Waals surface area contributed by atoms with E-state index in [2.05, 4.69) is 0 Å². The van der Waals surface area contributed by atoms with Crippen LogP contribution in [0.4, 0.5) is 0 Å². The Kier molecular flexibility index (Phi) is 9.36. The highest BCUT2D eigenvalue weighted by molar-refractivity contribution is 6.63. The largest absolute Gasteiger partial charge is 0.344 e. The van der Waals surface area contributed by atoms with Gasteiger partial charge in [-0.2, -0.15) is 0 Å². The summed E-state index contributed by atoms with van der Waals surface area (Å²) in [5.74, 6) is 0. The standard InChI is InChI=1S/C5H9ClO.H3N/c1-2-3-4-5(6)7;/h2-4H2,1H3;1H3. The van der Waals surface area contributed by atoms with Crippen LogP contribution >= 0.6 is 11.6 Å². The average molecular weight is 138 g/mol. The van der Waals surface area contributed by atoms with Crippen molar-refractivity contribution in [3.8, 4) is 0 Å². The SMILES string of the molecule is CCCCC(=O)Cl.N. The van der Waals surface area contributed by atoms with E-state index in [4.69, 9.17) is 11.6 Å². The number of carbonyl (C=O) groups excluding carboxylic acids is 1. The minimum Gasteiger partial charge on any atom is -0.344 e. The van der Waals surface area contributed by atoms with E-state index in [1.54, 1.807) is 0 Å². The van der Waals surface area contributed by atoms with Gasteiger partial charge in [-0.3, -0.25) is 4.79 Å². The van der Waals surface area contributed by atoms with Crippen LogP contribution in [-0.4, -0.2) is 5.24 Å². The summed E-state index contributed by atoms with van der Waals surface area (Å²) in [6, 6.07) is 0. The van der Waals surface area contributed by atoms with Crippen LogP contribution < -0.4 is 6.15 Å². The summed E-state index contributed by atoms with van der Waals surface area (Å²) in [5.41, 5.74) is 0. The quantitative estimate of drug-likeness (QED) is 0.606. The van der Waals surface area contributed by atoms with Gasteiger partial charge in [0, 0.05) is 6.42 Å². The molecule has 0 bridgehead atoms. The molecule has 0 aliphatic rings. The van der Waals surface area contributed by atoms with Crippen LogP contribution in [0.2, 0.25) is 0 Å². The zero-order valence-corrected chi connectivity index (χ0v) is 5.87. The van der Waals surface area contributed by atoms with Crippen molar-refractivity contribution in [2.45, 2.75) is 26.2 Å². The zero-order valence-electron chi connectivity index (χ0n) is 5.11. The Morgan fingerprint density at radius 1 is 1.62 bits per heavy atom. The molecule has 0 spiro atoms. The molecule has 2 nitrogen and oxygen atoms in total. The first-order valence-corrected chi connectivity index (χ1v) is 2.83. The first kappa shape index (κ1) is 10.8. The van der Waals surface area contributed by atoms with Crippen molar-refractivity contribution in [3.63, 3.8) is 0 Å². The van der Waals surface area contributed by atoms with E-state index < -0.39 is 0 Å². The van der Waals surface area contributed by atoms with E-state index in [1.807, 2.05) is 6.92 Å². The van der Waals surface area contributed by atoms with Gasteiger partial charge in [0.1, 0.15) is 0 Å². The molecule has 0 rings (SSSR count). The van der Waals surface area contributed by atoms with Crippen LogP contribution in [0.1, 0.15) is 26.2 Å². The van der Waals surface area contributed by atoms with Crippen molar-refractivity contribution in [1.82, 2.24) is 6.15 Å². The monoisotopic (exact) mass is 137 g/mol. The summed E-state index contributed by atoms with van der Waals surface area (Å²) in [5, 5.41) is -0.221. The van der Waals surface area contributed by atoms with Gasteiger partial charge in [0.25, 0.3) is 0 Å². The summed E-state index contributed by atoms with van der Waals surface area (Å²) in [7, 11) is 0. The fourth-order valence-corrected chi connectivity index (χ4v) is 0.449. The minimum absolute atomic E-state index is 0. The van der Waals surface area contributed by atoms with Gasteiger partial charge in [0.2, 0.25) is 5.24 Å². The second-order valence-electron chi connectivity index (χ2n) is 1.46. The van der Waals surface area contributed by atoms with E-state index in [0.29, 0.717) is 6.42 Å². The van der Waals surface area contributed by atoms with Crippen molar-refractivity contribution >= 4 is 16.8 Å². The van der Waals surface area contributed by atoms with Gasteiger partial charge in [0.15, 0.2) is 0 Å². The molecule has 0 atom stereocenters. The van der Waals surface area contributed by atoms with Gasteiger partial charge >= 0.3 is 0 Å². The molecule has 0 unspecified atom stereocenters. The van der Waals surface area contributed by atoms with Crippen LogP contribution in [0.5, 0.6) is 0 Å². The Labute approximate surface area is 54.8 Å². The summed E-state index contributed by atoms with van der Waals surface area (Å²) >= 11 is 5.02. The first-order valence-electron chi connectivity index (χ1n) is 2.45. The highest BCUT2D eigenvalue weighted by atomic mass is 35.5. The van der Waals surface area contributed by atoms with Crippen molar-refractivity contribution in [3.05, 3.63) is 0 Å². The van der Waals surface area contributed by atoms with Gasteiger partial charge in [-0.25, -0.2) is 0 Å². The van der Waals surface area contributed by atoms with Gasteiger partial charge in [-0.15, -0.1) is 0 Å². The van der Waals surface area contributed by atoms with Gasteiger partial charge in [-0.05, 0) is 18.0 Å². The second kappa shape index (κ2) is 6.92. The molecule has 0 saturated heterocycles. The highest BCUT2D eigenvalue weighted by Crippen LogP contribution is 1.96. The fourth-order valence-electron chi connectivity index (χ4n) is 0.316. The van der Waals surface area contributed by atoms with Crippen molar-refractivity contribution in [1.29, 1.82) is 0 Å². The third-order valence-electron chi connectivity index (χ3n) is 0.727. The molecular weight excluding hydrogens is 126 g/mol. The molecule has 0 aliphatic carbocycles. The average Bonchev–Trinajstić information content (AvgIpc) is 1.61. The number of unbranched alkanes of at least 4 members (excludes halogenated alkanes) is 1. The van der Waals surface area contributed by atoms with Crippen LogP contribution in [0.3, 0.4) is 0 Å². The lowest BCUT2D eigenvalue weighted by Crippen LogP contribution is -1.82. The summed E-state index contributed by atoms with van der Waals surface area (Å²) in [6.45, 7) is 2.03. The summed E-state index contributed by atoms with van der Waals surface area (Å²) in [4.78, 5) is 9.97. The van der Waals surface area contributed by atoms with Crippen molar-refractivity contribution in [2.24, 2.45) is 0 Å². The van der Waals surface area contributed by atoms with Crippen LogP contribution in [0.15, 0.2) is 0 Å². The predicted octanol–water partition coefficient (Wildman–Crippen LogP) is 2.10. The molecule has 3 heteroatoms. The molecule has 0 fully saturated rings. The van der Waals surface area contributed by atoms with E-state index in [0.717, 1.165) is 12.8 Å². The fraction of sp³-hybridized carbons (Fsp3) is 0.800. The van der Waals surface area contributed by atoms with E-state index in [1.165, 1.54) is 0 Å². The Bertz CT molecular complexity index is 65.4. The third-order valence-corrected chi connectivity index (χ3v) is 0.916. The molecule has 0 heterocycles. The number of rotatable bonds is 3. The van der Waals surface area contributed by atoms with E-state index in [9.17, 15) is 4.79 Å². The molecule has 0 aromatic rings. The smallest absolute Gasteiger partial charge is 0.221 e. The first-order chi connectivity index (χ1) is 3.27. The Hall–Kier alpha value is -0.0800. The molecule has 0 saturated carbocycles. The normalized spacial score (nSPS) is 7.75. The summed E-state index contributed by atoms with van der Waals surface area (Å²) in [6.07, 6.45) is 2.48. The molecule has 0 aromatic heterocycles. The van der Waals surface area contributed by atoms with Crippen molar-refractivity contribution in [2.75, 3.05) is 0 Å². The molecular formula is C5H12ClNO. The minimum atomic E-state index is -0.221. The zero-order chi connectivity index (χ0) is 5.70. The topological polar surface area (TPSA) is 52.1 Å². The van der Waals surface area contributed by atoms with Crippen molar-refractivity contribution < 1.29 is 4.79 Å². The maximum atomic E-state index is 9.97. The number of hydrogen-bond acceptors (Lipinski definition) is 2. The molecule has 3 N–H and O–H groups in total. The Morgan fingerprint density at radius 2 is 2.12 bits per heavy atom. The maximum Gasteiger partial charge on any atom is 0.221 e. The van der Waals surface area contributed by atoms with Gasteiger partial charge < -0.3 is 6.15 Å². The molecule has 50 valence electrons. The molecule has 8 heavy (non-hydrogen) atoms. The lowest BCUT2D eigenvalue weighted by atomic mass is 10.3. The Balaban J connectivity index is 0. The Morgan fingerprint density at radius 3 is 2.25 bits per heavy atom. The number of carbonyl (C=O) groups is 1. The third kappa shape index (κ3) is 9.33. The summed E-state index contributed by atoms with van der Waals surface area (Å²) < 4.78 is 0. The molecule has 0 aliphatic heterocycles. The van der Waals surface area contributed by atoms with E-state index in [-0.39, 0.29) is 11.4 Å². The molecule has 0 aromatic carbocycles.